The molecule has 0 saturated heterocycles. The molecule has 0 aliphatic heterocycles. The molecule has 0 aliphatic rings. The van der Waals surface area contributed by atoms with E-state index >= 15 is 0 Å². The van der Waals surface area contributed by atoms with Crippen LogP contribution in [0.1, 0.15) is 23.6 Å². The molecular formula is C14H18FN3O. The largest absolute Gasteiger partial charge is 0.396 e. The number of aliphatic hydroxyl groups is 1. The van der Waals surface area contributed by atoms with Crippen molar-refractivity contribution in [2.24, 2.45) is 7.05 Å². The third kappa shape index (κ3) is 3.62. The summed E-state index contributed by atoms with van der Waals surface area (Å²) in [5.74, 6) is -0.254. The Balaban J connectivity index is 2.23. The van der Waals surface area contributed by atoms with Crippen LogP contribution in [0.4, 0.5) is 4.39 Å². The third-order valence-corrected chi connectivity index (χ3v) is 2.92. The maximum atomic E-state index is 13.3. The normalized spacial score (nSPS) is 12.6. The number of hydrogen-bond donors (Lipinski definition) is 2. The topological polar surface area (TPSA) is 50.1 Å². The summed E-state index contributed by atoms with van der Waals surface area (Å²) in [6, 6.07) is 6.41. The smallest absolute Gasteiger partial charge is 0.123 e. The van der Waals surface area contributed by atoms with Crippen LogP contribution in [0.2, 0.25) is 0 Å². The van der Waals surface area contributed by atoms with Crippen molar-refractivity contribution in [1.29, 1.82) is 0 Å². The van der Waals surface area contributed by atoms with Gasteiger partial charge in [0.2, 0.25) is 0 Å². The van der Waals surface area contributed by atoms with Crippen LogP contribution in [0.5, 0.6) is 0 Å². The predicted molar refractivity (Wildman–Crippen MR) is 71.2 cm³/mol. The van der Waals surface area contributed by atoms with E-state index in [0.717, 1.165) is 11.1 Å². The van der Waals surface area contributed by atoms with Crippen molar-refractivity contribution in [2.45, 2.75) is 12.5 Å². The molecule has 1 aromatic carbocycles. The minimum absolute atomic E-state index is 0.115. The SMILES string of the molecule is Cn1cc(C(NCCCO)c2cccc(F)c2)cn1. The Morgan fingerprint density at radius 1 is 1.42 bits per heavy atom. The molecule has 0 bridgehead atoms. The Kier molecular flexibility index (Phi) is 4.65. The number of aliphatic hydroxyl groups excluding tert-OH is 1. The van der Waals surface area contributed by atoms with E-state index in [2.05, 4.69) is 10.4 Å². The molecule has 1 heterocycles. The van der Waals surface area contributed by atoms with Crippen molar-refractivity contribution >= 4 is 0 Å². The Bertz CT molecular complexity index is 527. The number of aromatic nitrogens is 2. The highest BCUT2D eigenvalue weighted by atomic mass is 19.1. The van der Waals surface area contributed by atoms with Gasteiger partial charge in [0.05, 0.1) is 12.2 Å². The second-order valence-electron chi connectivity index (χ2n) is 4.47. The molecule has 0 fully saturated rings. The minimum Gasteiger partial charge on any atom is -0.396 e. The van der Waals surface area contributed by atoms with Crippen LogP contribution in [0.25, 0.3) is 0 Å². The second kappa shape index (κ2) is 6.45. The van der Waals surface area contributed by atoms with E-state index in [1.54, 1.807) is 16.9 Å². The molecule has 19 heavy (non-hydrogen) atoms. The van der Waals surface area contributed by atoms with Gasteiger partial charge >= 0.3 is 0 Å². The summed E-state index contributed by atoms with van der Waals surface area (Å²) in [6.45, 7) is 0.794. The monoisotopic (exact) mass is 263 g/mol. The predicted octanol–water partition coefficient (Wildman–Crippen LogP) is 1.62. The van der Waals surface area contributed by atoms with Gasteiger partial charge in [-0.25, -0.2) is 4.39 Å². The summed E-state index contributed by atoms with van der Waals surface area (Å²) < 4.78 is 15.1. The van der Waals surface area contributed by atoms with E-state index in [-0.39, 0.29) is 18.5 Å². The van der Waals surface area contributed by atoms with Crippen LogP contribution in [-0.2, 0) is 7.05 Å². The Labute approximate surface area is 111 Å². The lowest BCUT2D eigenvalue weighted by molar-refractivity contribution is 0.284. The van der Waals surface area contributed by atoms with Crippen molar-refractivity contribution in [1.82, 2.24) is 15.1 Å². The first-order valence-electron chi connectivity index (χ1n) is 6.29. The van der Waals surface area contributed by atoms with Gasteiger partial charge in [0.15, 0.2) is 0 Å². The lowest BCUT2D eigenvalue weighted by atomic mass is 10.0. The van der Waals surface area contributed by atoms with Crippen molar-refractivity contribution in [2.75, 3.05) is 13.2 Å². The summed E-state index contributed by atoms with van der Waals surface area (Å²) in [6.07, 6.45) is 4.33. The molecule has 1 atom stereocenters. The van der Waals surface area contributed by atoms with Crippen LogP contribution in [0.15, 0.2) is 36.7 Å². The molecule has 2 N–H and O–H groups in total. The van der Waals surface area contributed by atoms with Crippen molar-refractivity contribution in [3.8, 4) is 0 Å². The van der Waals surface area contributed by atoms with Crippen LogP contribution in [0.3, 0.4) is 0 Å². The number of halogens is 1. The zero-order valence-corrected chi connectivity index (χ0v) is 10.9. The van der Waals surface area contributed by atoms with E-state index in [1.165, 1.54) is 12.1 Å². The van der Waals surface area contributed by atoms with Crippen LogP contribution in [-0.4, -0.2) is 28.0 Å². The highest BCUT2D eigenvalue weighted by Gasteiger charge is 2.15. The maximum Gasteiger partial charge on any atom is 0.123 e. The zero-order chi connectivity index (χ0) is 13.7. The van der Waals surface area contributed by atoms with Crippen molar-refractivity contribution in [3.05, 3.63) is 53.6 Å². The maximum absolute atomic E-state index is 13.3. The lowest BCUT2D eigenvalue weighted by Gasteiger charge is -2.17. The molecular weight excluding hydrogens is 245 g/mol. The Morgan fingerprint density at radius 3 is 2.89 bits per heavy atom. The van der Waals surface area contributed by atoms with E-state index in [4.69, 9.17) is 5.11 Å². The van der Waals surface area contributed by atoms with Gasteiger partial charge < -0.3 is 10.4 Å². The Morgan fingerprint density at radius 2 is 2.26 bits per heavy atom. The average molecular weight is 263 g/mol. The molecule has 2 rings (SSSR count). The molecule has 1 unspecified atom stereocenters. The number of hydrogen-bond acceptors (Lipinski definition) is 3. The van der Waals surface area contributed by atoms with Gasteiger partial charge in [-0.3, -0.25) is 4.68 Å². The highest BCUT2D eigenvalue weighted by molar-refractivity contribution is 5.29. The summed E-state index contributed by atoms with van der Waals surface area (Å²) in [4.78, 5) is 0. The minimum atomic E-state index is -0.254. The standard InChI is InChI=1S/C14H18FN3O/c1-18-10-12(9-17-18)14(16-6-3-7-19)11-4-2-5-13(15)8-11/h2,4-5,8-10,14,16,19H,3,6-7H2,1H3. The van der Waals surface area contributed by atoms with Crippen molar-refractivity contribution < 1.29 is 9.50 Å². The molecule has 0 aliphatic carbocycles. The fourth-order valence-electron chi connectivity index (χ4n) is 2.03. The summed E-state index contributed by atoms with van der Waals surface area (Å²) >= 11 is 0. The van der Waals surface area contributed by atoms with Gasteiger partial charge in [-0.1, -0.05) is 12.1 Å². The molecule has 102 valence electrons. The first kappa shape index (κ1) is 13.7. The first-order chi connectivity index (χ1) is 9.20. The number of benzene rings is 1. The van der Waals surface area contributed by atoms with Gasteiger partial charge in [-0.05, 0) is 30.7 Å². The van der Waals surface area contributed by atoms with Crippen molar-refractivity contribution in [3.63, 3.8) is 0 Å². The zero-order valence-electron chi connectivity index (χ0n) is 10.9. The molecule has 0 amide bonds. The lowest BCUT2D eigenvalue weighted by Crippen LogP contribution is -2.24. The third-order valence-electron chi connectivity index (χ3n) is 2.92. The fraction of sp³-hybridized carbons (Fsp3) is 0.357. The molecule has 2 aromatic rings. The molecule has 0 radical (unpaired) electrons. The van der Waals surface area contributed by atoms with E-state index < -0.39 is 0 Å². The summed E-state index contributed by atoms with van der Waals surface area (Å²) in [7, 11) is 1.85. The quantitative estimate of drug-likeness (QED) is 0.779. The number of nitrogens with zero attached hydrogens (tertiary/aromatic N) is 2. The van der Waals surface area contributed by atoms with Gasteiger partial charge in [0.1, 0.15) is 5.82 Å². The summed E-state index contributed by atoms with van der Waals surface area (Å²) in [5.41, 5.74) is 1.83. The van der Waals surface area contributed by atoms with Gasteiger partial charge in [-0.15, -0.1) is 0 Å². The molecule has 5 heteroatoms. The number of rotatable bonds is 6. The fourth-order valence-corrected chi connectivity index (χ4v) is 2.03. The number of nitrogens with one attached hydrogen (secondary N) is 1. The molecule has 1 aromatic heterocycles. The van der Waals surface area contributed by atoms with Gasteiger partial charge in [0.25, 0.3) is 0 Å². The van der Waals surface area contributed by atoms with E-state index in [1.807, 2.05) is 19.3 Å². The van der Waals surface area contributed by atoms with E-state index in [0.29, 0.717) is 13.0 Å². The molecule has 4 nitrogen and oxygen atoms in total. The average Bonchev–Trinajstić information content (AvgIpc) is 2.81. The highest BCUT2D eigenvalue weighted by Crippen LogP contribution is 2.22. The molecule has 0 saturated carbocycles. The number of aryl methyl sites for hydroxylation is 1. The van der Waals surface area contributed by atoms with E-state index in [9.17, 15) is 4.39 Å². The van der Waals surface area contributed by atoms with Gasteiger partial charge in [-0.2, -0.15) is 5.10 Å². The molecule has 0 spiro atoms. The second-order valence-corrected chi connectivity index (χ2v) is 4.47. The van der Waals surface area contributed by atoms with Gasteiger partial charge in [0, 0.05) is 25.4 Å². The first-order valence-corrected chi connectivity index (χ1v) is 6.29. The van der Waals surface area contributed by atoms with Crippen LogP contribution in [0, 0.1) is 5.82 Å². The Hall–Kier alpha value is -1.72. The van der Waals surface area contributed by atoms with Crippen LogP contribution >= 0.6 is 0 Å². The van der Waals surface area contributed by atoms with Crippen LogP contribution < -0.4 is 5.32 Å². The summed E-state index contributed by atoms with van der Waals surface area (Å²) in [5, 5.41) is 16.3.